The Hall–Kier alpha value is -2.14. The molecule has 2 unspecified atom stereocenters. The van der Waals surface area contributed by atoms with Crippen LogP contribution in [0.2, 0.25) is 0 Å². The highest BCUT2D eigenvalue weighted by atomic mass is 16.4. The average Bonchev–Trinajstić information content (AvgIpc) is 2.94. The summed E-state index contributed by atoms with van der Waals surface area (Å²) in [5, 5.41) is 12.4. The Bertz CT molecular complexity index is 618. The number of aryl methyl sites for hydroxylation is 1. The van der Waals surface area contributed by atoms with Gasteiger partial charge >= 0.3 is 5.97 Å². The van der Waals surface area contributed by atoms with Gasteiger partial charge in [-0.15, -0.1) is 0 Å². The molecule has 1 aliphatic rings. The summed E-state index contributed by atoms with van der Waals surface area (Å²) >= 11 is 0. The largest absolute Gasteiger partial charge is 0.480 e. The molecule has 0 saturated heterocycles. The van der Waals surface area contributed by atoms with Crippen LogP contribution < -0.4 is 5.32 Å². The first-order valence-corrected chi connectivity index (χ1v) is 6.79. The van der Waals surface area contributed by atoms with Crippen LogP contribution in [0.15, 0.2) is 30.6 Å². The van der Waals surface area contributed by atoms with Gasteiger partial charge in [0.25, 0.3) is 0 Å². The van der Waals surface area contributed by atoms with Crippen molar-refractivity contribution in [3.05, 3.63) is 53.1 Å². The third-order valence-corrected chi connectivity index (χ3v) is 3.82. The van der Waals surface area contributed by atoms with Gasteiger partial charge in [0.1, 0.15) is 6.04 Å². The minimum atomic E-state index is -0.833. The van der Waals surface area contributed by atoms with E-state index in [4.69, 9.17) is 0 Å². The van der Waals surface area contributed by atoms with Crippen LogP contribution >= 0.6 is 0 Å². The van der Waals surface area contributed by atoms with Crippen LogP contribution in [0.3, 0.4) is 0 Å². The first-order chi connectivity index (χ1) is 9.69. The molecule has 0 saturated carbocycles. The molecule has 3 N–H and O–H groups in total. The van der Waals surface area contributed by atoms with Crippen molar-refractivity contribution in [3.8, 4) is 0 Å². The van der Waals surface area contributed by atoms with Gasteiger partial charge in [-0.25, -0.2) is 4.98 Å². The molecule has 5 heteroatoms. The fourth-order valence-electron chi connectivity index (χ4n) is 2.65. The Morgan fingerprint density at radius 2 is 2.15 bits per heavy atom. The topological polar surface area (TPSA) is 78.0 Å². The normalized spacial score (nSPS) is 21.4. The van der Waals surface area contributed by atoms with E-state index in [1.54, 1.807) is 6.33 Å². The molecule has 3 rings (SSSR count). The Balaban J connectivity index is 1.97. The number of aromatic amines is 1. The van der Waals surface area contributed by atoms with Crippen LogP contribution in [0.1, 0.15) is 35.5 Å². The Labute approximate surface area is 117 Å². The molecule has 2 aromatic rings. The first kappa shape index (κ1) is 12.9. The molecular formula is C15H17N3O2. The molecule has 0 fully saturated rings. The molecule has 0 aliphatic carbocycles. The van der Waals surface area contributed by atoms with Crippen molar-refractivity contribution < 1.29 is 9.90 Å². The van der Waals surface area contributed by atoms with E-state index in [1.807, 2.05) is 12.1 Å². The lowest BCUT2D eigenvalue weighted by Gasteiger charge is -2.28. The number of carboxylic acid groups (broad SMARTS) is 1. The molecule has 0 radical (unpaired) electrons. The summed E-state index contributed by atoms with van der Waals surface area (Å²) < 4.78 is 0. The predicted octanol–water partition coefficient (Wildman–Crippen LogP) is 1.66. The van der Waals surface area contributed by atoms with Gasteiger partial charge in [-0.1, -0.05) is 31.2 Å². The van der Waals surface area contributed by atoms with E-state index < -0.39 is 12.0 Å². The minimum absolute atomic E-state index is 0.169. The smallest absolute Gasteiger partial charge is 0.321 e. The third-order valence-electron chi connectivity index (χ3n) is 3.82. The monoisotopic (exact) mass is 271 g/mol. The van der Waals surface area contributed by atoms with Gasteiger partial charge in [0, 0.05) is 12.1 Å². The average molecular weight is 271 g/mol. The standard InChI is InChI=1S/C15H17N3O2/c1-2-9-3-5-10(6-4-9)13-14-11(16-8-17-14)7-12(18-13)15(19)20/h3-6,8,12-13,18H,2,7H2,1H3,(H,16,17)(H,19,20). The fourth-order valence-corrected chi connectivity index (χ4v) is 2.65. The lowest BCUT2D eigenvalue weighted by atomic mass is 9.93. The number of benzene rings is 1. The van der Waals surface area contributed by atoms with E-state index in [2.05, 4.69) is 34.3 Å². The van der Waals surface area contributed by atoms with E-state index in [9.17, 15) is 9.90 Å². The van der Waals surface area contributed by atoms with Gasteiger partial charge in [0.05, 0.1) is 18.1 Å². The van der Waals surface area contributed by atoms with E-state index in [-0.39, 0.29) is 6.04 Å². The van der Waals surface area contributed by atoms with Gasteiger partial charge in [-0.2, -0.15) is 0 Å². The lowest BCUT2D eigenvalue weighted by Crippen LogP contribution is -2.45. The predicted molar refractivity (Wildman–Crippen MR) is 74.5 cm³/mol. The molecule has 1 aromatic heterocycles. The van der Waals surface area contributed by atoms with Crippen molar-refractivity contribution in [2.45, 2.75) is 31.8 Å². The number of rotatable bonds is 3. The summed E-state index contributed by atoms with van der Waals surface area (Å²) in [5.74, 6) is -0.833. The van der Waals surface area contributed by atoms with Crippen LogP contribution in [-0.2, 0) is 17.6 Å². The zero-order chi connectivity index (χ0) is 14.1. The lowest BCUT2D eigenvalue weighted by molar-refractivity contribution is -0.139. The van der Waals surface area contributed by atoms with E-state index in [0.717, 1.165) is 23.4 Å². The zero-order valence-corrected chi connectivity index (χ0v) is 11.3. The number of carboxylic acids is 1. The second kappa shape index (κ2) is 5.09. The van der Waals surface area contributed by atoms with Crippen molar-refractivity contribution in [3.63, 3.8) is 0 Å². The molecule has 0 bridgehead atoms. The molecule has 1 aromatic carbocycles. The molecule has 1 aliphatic heterocycles. The summed E-state index contributed by atoms with van der Waals surface area (Å²) in [6.45, 7) is 2.11. The zero-order valence-electron chi connectivity index (χ0n) is 11.3. The maximum Gasteiger partial charge on any atom is 0.321 e. The van der Waals surface area contributed by atoms with Crippen LogP contribution in [0.5, 0.6) is 0 Å². The maximum atomic E-state index is 11.3. The van der Waals surface area contributed by atoms with Gasteiger partial charge in [0.2, 0.25) is 0 Å². The number of imidazole rings is 1. The number of H-pyrrole nitrogens is 1. The van der Waals surface area contributed by atoms with Crippen molar-refractivity contribution in [1.82, 2.24) is 15.3 Å². The van der Waals surface area contributed by atoms with E-state index >= 15 is 0 Å². The summed E-state index contributed by atoms with van der Waals surface area (Å²) in [6.07, 6.45) is 3.06. The van der Waals surface area contributed by atoms with Crippen LogP contribution in [0, 0.1) is 0 Å². The molecule has 0 spiro atoms. The Morgan fingerprint density at radius 3 is 2.80 bits per heavy atom. The number of aliphatic carboxylic acids is 1. The highest BCUT2D eigenvalue weighted by Gasteiger charge is 2.32. The number of nitrogens with zero attached hydrogens (tertiary/aromatic N) is 1. The van der Waals surface area contributed by atoms with E-state index in [0.29, 0.717) is 6.42 Å². The van der Waals surface area contributed by atoms with Crippen molar-refractivity contribution in [2.24, 2.45) is 0 Å². The Kier molecular flexibility index (Phi) is 3.28. The molecule has 2 atom stereocenters. The second-order valence-electron chi connectivity index (χ2n) is 5.06. The van der Waals surface area contributed by atoms with Crippen molar-refractivity contribution >= 4 is 5.97 Å². The summed E-state index contributed by atoms with van der Waals surface area (Å²) in [5.41, 5.74) is 4.11. The molecule has 2 heterocycles. The molecular weight excluding hydrogens is 254 g/mol. The van der Waals surface area contributed by atoms with Crippen molar-refractivity contribution in [1.29, 1.82) is 0 Å². The number of aromatic nitrogens is 2. The quantitative estimate of drug-likeness (QED) is 0.793. The molecule has 0 amide bonds. The van der Waals surface area contributed by atoms with Gasteiger partial charge in [0.15, 0.2) is 0 Å². The minimum Gasteiger partial charge on any atom is -0.480 e. The maximum absolute atomic E-state index is 11.3. The Morgan fingerprint density at radius 1 is 1.40 bits per heavy atom. The number of carbonyl (C=O) groups is 1. The molecule has 104 valence electrons. The highest BCUT2D eigenvalue weighted by molar-refractivity contribution is 5.74. The molecule has 20 heavy (non-hydrogen) atoms. The molecule has 5 nitrogen and oxygen atoms in total. The number of nitrogens with one attached hydrogen (secondary N) is 2. The summed E-state index contributed by atoms with van der Waals surface area (Å²) in [4.78, 5) is 18.7. The number of hydrogen-bond acceptors (Lipinski definition) is 3. The van der Waals surface area contributed by atoms with Crippen LogP contribution in [0.4, 0.5) is 0 Å². The SMILES string of the molecule is CCc1ccc(C2NC(C(=O)O)Cc3[nH]cnc32)cc1. The fraction of sp³-hybridized carbons (Fsp3) is 0.333. The van der Waals surface area contributed by atoms with Gasteiger partial charge in [-0.3, -0.25) is 10.1 Å². The van der Waals surface area contributed by atoms with Gasteiger partial charge < -0.3 is 10.1 Å². The highest BCUT2D eigenvalue weighted by Crippen LogP contribution is 2.28. The van der Waals surface area contributed by atoms with Gasteiger partial charge in [-0.05, 0) is 17.5 Å². The number of hydrogen-bond donors (Lipinski definition) is 3. The van der Waals surface area contributed by atoms with Crippen LogP contribution in [-0.4, -0.2) is 27.1 Å². The number of fused-ring (bicyclic) bond motifs is 1. The summed E-state index contributed by atoms with van der Waals surface area (Å²) in [7, 11) is 0. The first-order valence-electron chi connectivity index (χ1n) is 6.79. The second-order valence-corrected chi connectivity index (χ2v) is 5.06. The summed E-state index contributed by atoms with van der Waals surface area (Å²) in [6, 6.07) is 7.48. The van der Waals surface area contributed by atoms with Crippen LogP contribution in [0.25, 0.3) is 0 Å². The van der Waals surface area contributed by atoms with E-state index in [1.165, 1.54) is 5.56 Å². The third kappa shape index (κ3) is 2.20. The van der Waals surface area contributed by atoms with Crippen molar-refractivity contribution in [2.75, 3.05) is 0 Å².